The van der Waals surface area contributed by atoms with E-state index in [4.69, 9.17) is 37.4 Å². The van der Waals surface area contributed by atoms with E-state index in [1.807, 2.05) is 0 Å². The SMILES string of the molecule is C[C@H](NC(=O)[C@@H](NC(=O)[C@@H]1CCCN1C(=O)[C@H](CCC(=O)O)NC(=O)[C@@H]1CCCN1C(=O)CCCCNC(=S)Nc1ccc2c(c1)C1(OC2=O)c2ccc(O)cc2Oc2cc(O)ccc21)[C@@H](C)O)C(=O)N1CCCCC1C(=O)N1C[C@H](O/N=C\CCC(=O)O)C[C@H]1C(=O)N[C@@H](CCC(=O)O)C(=O)N[C@@H](CCC(=O)O)C(N)=O. The third kappa shape index (κ3) is 20.6. The van der Waals surface area contributed by atoms with E-state index in [9.17, 15) is 103 Å². The molecule has 10 amide bonds. The number of esters is 1. The molecule has 0 radical (unpaired) electrons. The van der Waals surface area contributed by atoms with E-state index in [1.165, 1.54) is 47.9 Å². The Labute approximate surface area is 645 Å². The number of oxime groups is 1. The van der Waals surface area contributed by atoms with Gasteiger partial charge in [-0.1, -0.05) is 5.16 Å². The van der Waals surface area contributed by atoms with Crippen LogP contribution in [-0.4, -0.2) is 255 Å². The molecule has 6 heterocycles. The number of nitrogens with zero attached hydrogens (tertiary/aromatic N) is 5. The third-order valence-corrected chi connectivity index (χ3v) is 20.4. The minimum atomic E-state index is -1.78. The highest BCUT2D eigenvalue weighted by Gasteiger charge is 2.55. The maximum atomic E-state index is 14.9. The molecule has 4 fully saturated rings. The zero-order valence-corrected chi connectivity index (χ0v) is 62.1. The highest BCUT2D eigenvalue weighted by Crippen LogP contribution is 2.57. The van der Waals surface area contributed by atoms with E-state index in [0.29, 0.717) is 61.0 Å². The number of aliphatic carboxylic acids is 4. The van der Waals surface area contributed by atoms with Gasteiger partial charge in [-0.15, -0.1) is 0 Å². The fourth-order valence-electron chi connectivity index (χ4n) is 14.6. The number of primary amides is 1. The summed E-state index contributed by atoms with van der Waals surface area (Å²) in [4.78, 5) is 210. The molecule has 0 aromatic heterocycles. The van der Waals surface area contributed by atoms with Gasteiger partial charge < -0.3 is 113 Å². The number of aliphatic hydroxyl groups is 1. The Hall–Kier alpha value is -11.8. The van der Waals surface area contributed by atoms with Gasteiger partial charge in [0.05, 0.1) is 24.6 Å². The van der Waals surface area contributed by atoms with Crippen LogP contribution in [0.25, 0.3) is 0 Å². The molecule has 1 spiro atoms. The van der Waals surface area contributed by atoms with Crippen LogP contribution in [0.15, 0.2) is 59.8 Å². The molecule has 16 N–H and O–H groups in total. The van der Waals surface area contributed by atoms with Crippen molar-refractivity contribution in [2.45, 2.75) is 208 Å². The second-order valence-corrected chi connectivity index (χ2v) is 28.5. The molecular formula is C73H91N13O25S. The number of aromatic hydroxyl groups is 2. The minimum Gasteiger partial charge on any atom is -0.508 e. The number of nitrogens with two attached hydrogens (primary N) is 1. The van der Waals surface area contributed by atoms with E-state index >= 15 is 0 Å². The first-order chi connectivity index (χ1) is 53.3. The normalized spacial score (nSPS) is 20.2. The number of hydrogen-bond donors (Lipinski definition) is 15. The topological polar surface area (TPSA) is 561 Å². The Morgan fingerprint density at radius 2 is 1.18 bits per heavy atom. The summed E-state index contributed by atoms with van der Waals surface area (Å²) in [5, 5.41) is 91.7. The Bertz CT molecular complexity index is 4150. The molecule has 112 heavy (non-hydrogen) atoms. The van der Waals surface area contributed by atoms with Crippen molar-refractivity contribution in [1.29, 1.82) is 0 Å². The van der Waals surface area contributed by atoms with Crippen molar-refractivity contribution >= 4 is 118 Å². The summed E-state index contributed by atoms with van der Waals surface area (Å²) in [6, 6.07) is 0.526. The first-order valence-electron chi connectivity index (χ1n) is 36.8. The fraction of sp³-hybridized carbons (Fsp3) is 0.521. The number of aliphatic hydroxyl groups excluding tert-OH is 1. The van der Waals surface area contributed by atoms with Crippen molar-refractivity contribution in [1.82, 2.24) is 51.5 Å². The number of ether oxygens (including phenoxy) is 2. The van der Waals surface area contributed by atoms with Crippen molar-refractivity contribution in [2.24, 2.45) is 10.9 Å². The number of carboxylic acids is 4. The van der Waals surface area contributed by atoms with Crippen LogP contribution in [0.5, 0.6) is 23.0 Å². The molecule has 3 aromatic rings. The number of amides is 10. The number of nitrogens with one attached hydrogen (secondary N) is 7. The zero-order valence-electron chi connectivity index (χ0n) is 61.3. The van der Waals surface area contributed by atoms with Crippen LogP contribution in [0, 0.1) is 0 Å². The van der Waals surface area contributed by atoms with E-state index < -0.39 is 194 Å². The summed E-state index contributed by atoms with van der Waals surface area (Å²) in [5.41, 5.74) is 5.95. The molecule has 39 heteroatoms. The Kier molecular flexibility index (Phi) is 28.4. The van der Waals surface area contributed by atoms with Crippen LogP contribution in [-0.2, 0) is 82.3 Å². The highest BCUT2D eigenvalue weighted by atomic mass is 32.1. The number of likely N-dealkylation sites (tertiary alicyclic amines) is 4. The maximum Gasteiger partial charge on any atom is 0.340 e. The quantitative estimate of drug-likeness (QED) is 0.0123. The average Bonchev–Trinajstić information content (AvgIpc) is 1.48. The summed E-state index contributed by atoms with van der Waals surface area (Å²) in [7, 11) is 0. The molecule has 3 aromatic carbocycles. The molecule has 0 aliphatic carbocycles. The number of thiocarbonyl (C=S) groups is 1. The first-order valence-corrected chi connectivity index (χ1v) is 37.2. The number of carbonyl (C=O) groups is 15. The van der Waals surface area contributed by atoms with Crippen molar-refractivity contribution in [3.63, 3.8) is 0 Å². The van der Waals surface area contributed by atoms with Gasteiger partial charge in [-0.2, -0.15) is 0 Å². The number of hydrogen-bond acceptors (Lipinski definition) is 23. The Morgan fingerprint density at radius 3 is 1.80 bits per heavy atom. The molecule has 9 rings (SSSR count). The maximum absolute atomic E-state index is 14.9. The third-order valence-electron chi connectivity index (χ3n) is 20.2. The molecular weight excluding hydrogens is 1490 g/mol. The highest BCUT2D eigenvalue weighted by molar-refractivity contribution is 7.80. The molecule has 0 bridgehead atoms. The lowest BCUT2D eigenvalue weighted by Gasteiger charge is -2.39. The van der Waals surface area contributed by atoms with Gasteiger partial charge in [0, 0.05) is 99.0 Å². The fourth-order valence-corrected chi connectivity index (χ4v) is 14.8. The lowest BCUT2D eigenvalue weighted by molar-refractivity contribution is -0.151. The summed E-state index contributed by atoms with van der Waals surface area (Å²) in [6.07, 6.45) is -3.15. The Balaban J connectivity index is 0.785. The number of rotatable bonds is 35. The predicted octanol–water partition coefficient (Wildman–Crippen LogP) is 0.227. The van der Waals surface area contributed by atoms with Crippen molar-refractivity contribution in [3.8, 4) is 23.0 Å². The predicted molar refractivity (Wildman–Crippen MR) is 392 cm³/mol. The number of carboxylic acid groups (broad SMARTS) is 4. The van der Waals surface area contributed by atoms with E-state index in [-0.39, 0.29) is 117 Å². The van der Waals surface area contributed by atoms with Crippen LogP contribution < -0.4 is 47.7 Å². The number of unbranched alkanes of at least 4 members (excludes halogenated alkanes) is 1. The summed E-state index contributed by atoms with van der Waals surface area (Å²) in [5.74, 6) is -14.4. The lowest BCUT2D eigenvalue weighted by atomic mass is 9.77. The van der Waals surface area contributed by atoms with Gasteiger partial charge in [0.25, 0.3) is 0 Å². The summed E-state index contributed by atoms with van der Waals surface area (Å²) >= 11 is 5.63. The smallest absolute Gasteiger partial charge is 0.340 e. The molecule has 1 unspecified atom stereocenters. The van der Waals surface area contributed by atoms with Gasteiger partial charge in [-0.3, -0.25) is 67.1 Å². The van der Waals surface area contributed by atoms with Crippen molar-refractivity contribution < 1.29 is 122 Å². The van der Waals surface area contributed by atoms with Gasteiger partial charge in [0.15, 0.2) is 10.7 Å². The molecule has 604 valence electrons. The number of carbonyl (C=O) groups excluding carboxylic acids is 11. The van der Waals surface area contributed by atoms with Gasteiger partial charge in [-0.25, -0.2) is 4.79 Å². The average molecular weight is 1580 g/mol. The molecule has 6 aliphatic heterocycles. The number of benzene rings is 3. The van der Waals surface area contributed by atoms with Gasteiger partial charge in [0.2, 0.25) is 59.1 Å². The molecule has 0 saturated carbocycles. The second kappa shape index (κ2) is 37.8. The van der Waals surface area contributed by atoms with Crippen LogP contribution in [0.3, 0.4) is 0 Å². The van der Waals surface area contributed by atoms with E-state index in [0.717, 1.165) is 16.0 Å². The molecule has 11 atom stereocenters. The van der Waals surface area contributed by atoms with Gasteiger partial charge in [-0.05, 0) is 152 Å². The summed E-state index contributed by atoms with van der Waals surface area (Å²) < 4.78 is 12.2. The standard InChI is InChI=1S/C73H91N13O25S/c1-37(68(105)85-29-6-4-10-52(85)70(107)86-36-42(111-76-28-7-14-57(91)92)35-53(86)66(103)80-48(22-25-59(95)96)63(100)79-47(62(74)99)21-24-58(93)94)77-67(104)61(38(2)87)82-65(102)51-12-9-31-84(51)69(106)49(23-26-60(97)98)81-64(101)50-11-8-30-83(50)56(90)13-3-5-27-75-72(112)78-39-15-18-43-46(32-39)73(110-71(43)108)44-19-16-40(88)33-54(44)109-55-34-41(89)17-20-45(55)73/h15-20,28,32-34,37-38,42,47-53,61,87-89H,3-14,21-27,29-31,35-36H2,1-2H3,(H2,74,99)(H,77,104)(H,79,100)(H,80,103)(H,81,101)(H,82,102)(H,91,92)(H,93,94)(H,95,96)(H,97,98)(H2,75,78,112)/b76-28-/t37-,38+,42+,47-,48-,49-,50-,51-,52?,53-,61-/m0/s1. The minimum absolute atomic E-state index is 0.0149. The summed E-state index contributed by atoms with van der Waals surface area (Å²) in [6.45, 7) is 2.47. The van der Waals surface area contributed by atoms with Crippen molar-refractivity contribution in [3.05, 3.63) is 76.9 Å². The number of fused-ring (bicyclic) bond motifs is 6. The van der Waals surface area contributed by atoms with Crippen LogP contribution in [0.4, 0.5) is 5.69 Å². The largest absolute Gasteiger partial charge is 0.508 e. The first kappa shape index (κ1) is 84.3. The van der Waals surface area contributed by atoms with E-state index in [1.54, 1.807) is 30.3 Å². The molecule has 38 nitrogen and oxygen atoms in total. The lowest BCUT2D eigenvalue weighted by Crippen LogP contribution is -2.62. The van der Waals surface area contributed by atoms with Gasteiger partial charge >= 0.3 is 29.8 Å². The van der Waals surface area contributed by atoms with Crippen LogP contribution in [0.1, 0.15) is 163 Å². The number of piperidine rings is 1. The second-order valence-electron chi connectivity index (χ2n) is 28.1. The number of anilines is 1. The van der Waals surface area contributed by atoms with Crippen LogP contribution in [0.2, 0.25) is 0 Å². The number of phenols is 2. The Morgan fingerprint density at radius 1 is 0.616 bits per heavy atom. The van der Waals surface area contributed by atoms with E-state index in [2.05, 4.69) is 42.4 Å². The monoisotopic (exact) mass is 1580 g/mol. The molecule has 6 aliphatic rings. The van der Waals surface area contributed by atoms with Crippen LogP contribution >= 0.6 is 12.2 Å². The van der Waals surface area contributed by atoms with Gasteiger partial charge in [0.1, 0.15) is 83.5 Å². The zero-order chi connectivity index (χ0) is 81.4. The van der Waals surface area contributed by atoms with Crippen molar-refractivity contribution in [2.75, 3.05) is 38.0 Å². The number of phenolic OH excluding ortho intramolecular Hbond substituents is 2. The molecule has 4 saturated heterocycles.